The van der Waals surface area contributed by atoms with Gasteiger partial charge in [-0.3, -0.25) is 9.82 Å². The summed E-state index contributed by atoms with van der Waals surface area (Å²) in [7, 11) is -3.74. The van der Waals surface area contributed by atoms with Crippen molar-refractivity contribution >= 4 is 37.5 Å². The topological polar surface area (TPSA) is 101 Å². The third-order valence-electron chi connectivity index (χ3n) is 3.11. The number of H-pyrrole nitrogens is 1. The summed E-state index contributed by atoms with van der Waals surface area (Å²) in [5.74, 6) is 0.496. The molecule has 1 aromatic carbocycles. The van der Waals surface area contributed by atoms with E-state index in [1.165, 1.54) is 6.07 Å². The van der Waals surface area contributed by atoms with Crippen LogP contribution in [-0.2, 0) is 10.0 Å². The number of hydrogen-bond acceptors (Lipinski definition) is 4. The van der Waals surface area contributed by atoms with E-state index < -0.39 is 10.0 Å². The maximum Gasteiger partial charge on any atom is 0.263 e. The molecular formula is C13H17BrN4O2S. The smallest absolute Gasteiger partial charge is 0.263 e. The summed E-state index contributed by atoms with van der Waals surface area (Å²) in [5, 5.41) is 6.77. The summed E-state index contributed by atoms with van der Waals surface area (Å²) in [6, 6.07) is 4.86. The highest BCUT2D eigenvalue weighted by molar-refractivity contribution is 9.10. The van der Waals surface area contributed by atoms with Crippen molar-refractivity contribution in [3.05, 3.63) is 33.9 Å². The summed E-state index contributed by atoms with van der Waals surface area (Å²) in [6.45, 7) is 5.65. The maximum atomic E-state index is 12.5. The molecule has 1 heterocycles. The first kappa shape index (κ1) is 15.8. The molecule has 0 unspecified atom stereocenters. The van der Waals surface area contributed by atoms with Gasteiger partial charge in [-0.15, -0.1) is 0 Å². The fourth-order valence-corrected chi connectivity index (χ4v) is 3.75. The number of aromatic nitrogens is 2. The maximum absolute atomic E-state index is 12.5. The zero-order valence-electron chi connectivity index (χ0n) is 11.9. The Morgan fingerprint density at radius 2 is 2.00 bits per heavy atom. The van der Waals surface area contributed by atoms with E-state index in [-0.39, 0.29) is 16.6 Å². The van der Waals surface area contributed by atoms with E-state index in [4.69, 9.17) is 5.73 Å². The average molecular weight is 373 g/mol. The minimum atomic E-state index is -3.74. The molecule has 0 spiro atoms. The molecule has 0 aliphatic heterocycles. The molecule has 1 aromatic heterocycles. The molecule has 0 atom stereocenters. The molecule has 0 aliphatic rings. The van der Waals surface area contributed by atoms with Gasteiger partial charge in [0.1, 0.15) is 0 Å². The molecule has 2 aromatic rings. The van der Waals surface area contributed by atoms with Crippen molar-refractivity contribution in [1.29, 1.82) is 0 Å². The van der Waals surface area contributed by atoms with Gasteiger partial charge in [0.2, 0.25) is 0 Å². The third-order valence-corrected chi connectivity index (χ3v) is 5.05. The Bertz CT molecular complexity index is 768. The number of anilines is 2. The second-order valence-corrected chi connectivity index (χ2v) is 7.65. The molecule has 0 amide bonds. The van der Waals surface area contributed by atoms with E-state index >= 15 is 0 Å². The number of hydrogen-bond donors (Lipinski definition) is 3. The van der Waals surface area contributed by atoms with E-state index in [1.54, 1.807) is 19.1 Å². The first-order valence-electron chi connectivity index (χ1n) is 6.34. The van der Waals surface area contributed by atoms with Crippen LogP contribution in [0, 0.1) is 6.92 Å². The van der Waals surface area contributed by atoms with Crippen LogP contribution in [-0.4, -0.2) is 18.6 Å². The van der Waals surface area contributed by atoms with Crippen LogP contribution in [0.15, 0.2) is 27.6 Å². The minimum absolute atomic E-state index is 0.128. The number of nitrogens with two attached hydrogens (primary N) is 1. The van der Waals surface area contributed by atoms with Crippen molar-refractivity contribution in [1.82, 2.24) is 10.2 Å². The fourth-order valence-electron chi connectivity index (χ4n) is 1.83. The second kappa shape index (κ2) is 5.69. The summed E-state index contributed by atoms with van der Waals surface area (Å²) in [6.07, 6.45) is 0. The van der Waals surface area contributed by atoms with Crippen LogP contribution in [0.1, 0.15) is 31.0 Å². The molecule has 0 aliphatic carbocycles. The highest BCUT2D eigenvalue weighted by atomic mass is 79.9. The number of nitrogens with zero attached hydrogens (tertiary/aromatic N) is 1. The van der Waals surface area contributed by atoms with Crippen LogP contribution < -0.4 is 10.5 Å². The number of halogens is 1. The largest absolute Gasteiger partial charge is 0.398 e. The van der Waals surface area contributed by atoms with Gasteiger partial charge in [0, 0.05) is 21.9 Å². The van der Waals surface area contributed by atoms with Crippen LogP contribution in [0.2, 0.25) is 0 Å². The molecule has 114 valence electrons. The SMILES string of the molecule is Cc1c(N)cc(Br)cc1S(=O)(=O)Nc1cc(C(C)C)[nH]n1. The van der Waals surface area contributed by atoms with Crippen LogP contribution in [0.5, 0.6) is 0 Å². The Hall–Kier alpha value is -1.54. The van der Waals surface area contributed by atoms with Gasteiger partial charge in [-0.05, 0) is 30.5 Å². The number of rotatable bonds is 4. The molecule has 2 rings (SSSR count). The van der Waals surface area contributed by atoms with Crippen molar-refractivity contribution in [2.45, 2.75) is 31.6 Å². The van der Waals surface area contributed by atoms with Gasteiger partial charge in [-0.2, -0.15) is 5.10 Å². The van der Waals surface area contributed by atoms with Crippen molar-refractivity contribution in [3.63, 3.8) is 0 Å². The Labute approximate surface area is 132 Å². The lowest BCUT2D eigenvalue weighted by Crippen LogP contribution is -2.15. The van der Waals surface area contributed by atoms with E-state index in [2.05, 4.69) is 30.8 Å². The Morgan fingerprint density at radius 3 is 2.57 bits per heavy atom. The van der Waals surface area contributed by atoms with Crippen LogP contribution in [0.4, 0.5) is 11.5 Å². The number of nitrogens with one attached hydrogen (secondary N) is 2. The average Bonchev–Trinajstić information content (AvgIpc) is 2.81. The van der Waals surface area contributed by atoms with Crippen LogP contribution in [0.25, 0.3) is 0 Å². The molecule has 0 radical (unpaired) electrons. The highest BCUT2D eigenvalue weighted by Gasteiger charge is 2.20. The Morgan fingerprint density at radius 1 is 1.33 bits per heavy atom. The number of sulfonamides is 1. The predicted molar refractivity (Wildman–Crippen MR) is 86.8 cm³/mol. The summed E-state index contributed by atoms with van der Waals surface area (Å²) in [5.41, 5.74) is 7.59. The molecule has 0 saturated carbocycles. The lowest BCUT2D eigenvalue weighted by molar-refractivity contribution is 0.600. The van der Waals surface area contributed by atoms with E-state index in [9.17, 15) is 8.42 Å². The first-order valence-corrected chi connectivity index (χ1v) is 8.62. The van der Waals surface area contributed by atoms with Gasteiger partial charge in [-0.1, -0.05) is 29.8 Å². The van der Waals surface area contributed by atoms with Crippen molar-refractivity contribution in [2.24, 2.45) is 0 Å². The van der Waals surface area contributed by atoms with E-state index in [1.807, 2.05) is 13.8 Å². The zero-order valence-corrected chi connectivity index (χ0v) is 14.3. The van der Waals surface area contributed by atoms with Gasteiger partial charge in [0.25, 0.3) is 10.0 Å². The van der Waals surface area contributed by atoms with Crippen molar-refractivity contribution < 1.29 is 8.42 Å². The molecule has 8 heteroatoms. The molecule has 21 heavy (non-hydrogen) atoms. The van der Waals surface area contributed by atoms with Crippen molar-refractivity contribution in [3.8, 4) is 0 Å². The molecule has 0 fully saturated rings. The Balaban J connectivity index is 2.38. The van der Waals surface area contributed by atoms with Gasteiger partial charge in [-0.25, -0.2) is 8.42 Å². The van der Waals surface area contributed by atoms with Crippen LogP contribution in [0.3, 0.4) is 0 Å². The van der Waals surface area contributed by atoms with E-state index in [0.29, 0.717) is 15.7 Å². The quantitative estimate of drug-likeness (QED) is 0.717. The molecule has 0 bridgehead atoms. The standard InChI is InChI=1S/C13H17BrN4O2S/c1-7(2)11-6-13(17-16-11)18-21(19,20)12-5-9(14)4-10(15)8(12)3/h4-7H,15H2,1-3H3,(H2,16,17,18). The first-order chi connectivity index (χ1) is 9.70. The normalized spacial score (nSPS) is 11.9. The fraction of sp³-hybridized carbons (Fsp3) is 0.308. The van der Waals surface area contributed by atoms with Gasteiger partial charge >= 0.3 is 0 Å². The number of nitrogen functional groups attached to an aromatic ring is 1. The third kappa shape index (κ3) is 3.38. The molecule has 4 N–H and O–H groups in total. The van der Waals surface area contributed by atoms with Crippen molar-refractivity contribution in [2.75, 3.05) is 10.5 Å². The van der Waals surface area contributed by atoms with Crippen LogP contribution >= 0.6 is 15.9 Å². The summed E-state index contributed by atoms with van der Waals surface area (Å²) in [4.78, 5) is 0.128. The molecule has 0 saturated heterocycles. The number of aromatic amines is 1. The lowest BCUT2D eigenvalue weighted by Gasteiger charge is -2.11. The number of benzene rings is 1. The highest BCUT2D eigenvalue weighted by Crippen LogP contribution is 2.27. The minimum Gasteiger partial charge on any atom is -0.398 e. The molecular weight excluding hydrogens is 356 g/mol. The Kier molecular flexibility index (Phi) is 4.29. The molecule has 6 nitrogen and oxygen atoms in total. The summed E-state index contributed by atoms with van der Waals surface area (Å²) < 4.78 is 28.0. The zero-order chi connectivity index (χ0) is 15.8. The summed E-state index contributed by atoms with van der Waals surface area (Å²) >= 11 is 3.25. The van der Waals surface area contributed by atoms with Gasteiger partial charge < -0.3 is 5.73 Å². The second-order valence-electron chi connectivity index (χ2n) is 5.09. The van der Waals surface area contributed by atoms with Gasteiger partial charge in [0.15, 0.2) is 5.82 Å². The van der Waals surface area contributed by atoms with Gasteiger partial charge in [0.05, 0.1) is 4.90 Å². The lowest BCUT2D eigenvalue weighted by atomic mass is 10.1. The predicted octanol–water partition coefficient (Wildman–Crippen LogP) is 2.99. The monoisotopic (exact) mass is 372 g/mol. The van der Waals surface area contributed by atoms with E-state index in [0.717, 1.165) is 5.69 Å².